The number of H-pyrrole nitrogens is 1. The third kappa shape index (κ3) is 4.94. The van der Waals surface area contributed by atoms with Gasteiger partial charge in [-0.15, -0.1) is 6.58 Å². The van der Waals surface area contributed by atoms with Gasteiger partial charge in [0.25, 0.3) is 6.01 Å². The molecule has 4 atom stereocenters. The monoisotopic (exact) mass is 602 g/mol. The highest BCUT2D eigenvalue weighted by atomic mass is 35.5. The van der Waals surface area contributed by atoms with Gasteiger partial charge in [-0.05, 0) is 18.6 Å². The van der Waals surface area contributed by atoms with Crippen LogP contribution in [0.1, 0.15) is 16.8 Å². The zero-order valence-corrected chi connectivity index (χ0v) is 22.9. The molecule has 14 heteroatoms. The van der Waals surface area contributed by atoms with E-state index < -0.39 is 31.0 Å². The van der Waals surface area contributed by atoms with Crippen LogP contribution in [-0.2, 0) is 29.0 Å². The second kappa shape index (κ2) is 10.3. The van der Waals surface area contributed by atoms with E-state index in [1.807, 2.05) is 24.3 Å². The lowest BCUT2D eigenvalue weighted by Crippen LogP contribution is -2.34. The van der Waals surface area contributed by atoms with Crippen molar-refractivity contribution in [3.63, 3.8) is 0 Å². The van der Waals surface area contributed by atoms with Crippen LogP contribution in [0.3, 0.4) is 0 Å². The van der Waals surface area contributed by atoms with E-state index in [2.05, 4.69) is 21.6 Å². The smallest absolute Gasteiger partial charge is 0.401 e. The molecule has 0 spiro atoms. The highest BCUT2D eigenvalue weighted by Gasteiger charge is 2.48. The van der Waals surface area contributed by atoms with Gasteiger partial charge in [-0.3, -0.25) is 4.90 Å². The number of nitrogens with one attached hydrogen (secondary N) is 1. The Balaban J connectivity index is 1.14. The quantitative estimate of drug-likeness (QED) is 0.306. The maximum atomic E-state index is 12.8. The minimum Gasteiger partial charge on any atom is -0.456 e. The van der Waals surface area contributed by atoms with E-state index in [0.717, 1.165) is 22.4 Å². The lowest BCUT2D eigenvalue weighted by molar-refractivity contribution is -0.147. The highest BCUT2D eigenvalue weighted by Crippen LogP contribution is 2.36. The van der Waals surface area contributed by atoms with E-state index in [-0.39, 0.29) is 38.4 Å². The first-order chi connectivity index (χ1) is 20.2. The maximum Gasteiger partial charge on any atom is 0.401 e. The van der Waals surface area contributed by atoms with Gasteiger partial charge >= 0.3 is 6.18 Å². The van der Waals surface area contributed by atoms with Crippen molar-refractivity contribution in [3.8, 4) is 23.0 Å². The minimum atomic E-state index is -4.24. The number of aromatic nitrogens is 5. The van der Waals surface area contributed by atoms with E-state index in [9.17, 15) is 18.3 Å². The molecule has 3 aliphatic heterocycles. The third-order valence-electron chi connectivity index (χ3n) is 7.70. The van der Waals surface area contributed by atoms with Crippen LogP contribution in [0.25, 0.3) is 28.1 Å². The van der Waals surface area contributed by atoms with Gasteiger partial charge in [-0.1, -0.05) is 29.8 Å². The summed E-state index contributed by atoms with van der Waals surface area (Å²) >= 11 is 6.87. The van der Waals surface area contributed by atoms with Crippen molar-refractivity contribution in [2.75, 3.05) is 19.8 Å². The Kier molecular flexibility index (Phi) is 6.74. The number of halogens is 4. The van der Waals surface area contributed by atoms with Gasteiger partial charge in [0.1, 0.15) is 18.3 Å². The maximum absolute atomic E-state index is 12.8. The fourth-order valence-electron chi connectivity index (χ4n) is 5.80. The summed E-state index contributed by atoms with van der Waals surface area (Å²) in [5, 5.41) is 15.0. The molecule has 6 heterocycles. The predicted octanol–water partition coefficient (Wildman–Crippen LogP) is 3.98. The lowest BCUT2D eigenvalue weighted by Gasteiger charge is -2.17. The van der Waals surface area contributed by atoms with Crippen molar-refractivity contribution in [3.05, 3.63) is 65.0 Å². The van der Waals surface area contributed by atoms with E-state index in [1.165, 1.54) is 4.90 Å². The van der Waals surface area contributed by atoms with Crippen LogP contribution in [0, 0.1) is 0 Å². The molecule has 3 aromatic heterocycles. The largest absolute Gasteiger partial charge is 0.456 e. The number of benzene rings is 1. The van der Waals surface area contributed by atoms with Crippen LogP contribution in [0.15, 0.2) is 43.1 Å². The second-order valence-corrected chi connectivity index (χ2v) is 11.0. The first-order valence-electron chi connectivity index (χ1n) is 13.4. The Bertz CT molecular complexity index is 1630. The molecular weight excluding hydrogens is 577 g/mol. The van der Waals surface area contributed by atoms with Crippen LogP contribution >= 0.6 is 11.6 Å². The van der Waals surface area contributed by atoms with Gasteiger partial charge in [0.2, 0.25) is 0 Å². The average molecular weight is 603 g/mol. The highest BCUT2D eigenvalue weighted by molar-refractivity contribution is 6.34. The zero-order chi connectivity index (χ0) is 29.2. The van der Waals surface area contributed by atoms with Gasteiger partial charge in [-0.2, -0.15) is 23.3 Å². The molecule has 1 aromatic carbocycles. The molecule has 0 saturated carbocycles. The Morgan fingerprint density at radius 1 is 1.14 bits per heavy atom. The number of hydrogen-bond acceptors (Lipinski definition) is 8. The fraction of sp³-hybridized carbons (Fsp3) is 0.393. The number of aromatic amines is 1. The summed E-state index contributed by atoms with van der Waals surface area (Å²) in [5.74, 6) is 0. The molecule has 3 aliphatic rings. The summed E-state index contributed by atoms with van der Waals surface area (Å²) < 4.78 is 57.3. The van der Waals surface area contributed by atoms with E-state index in [1.54, 1.807) is 17.0 Å². The number of rotatable bonds is 7. The van der Waals surface area contributed by atoms with Gasteiger partial charge < -0.3 is 24.3 Å². The number of ether oxygens (including phenoxy) is 3. The van der Waals surface area contributed by atoms with Crippen molar-refractivity contribution in [1.29, 1.82) is 0 Å². The topological polar surface area (TPSA) is 111 Å². The molecule has 10 nitrogen and oxygen atoms in total. The number of pyridine rings is 1. The Morgan fingerprint density at radius 3 is 2.67 bits per heavy atom. The van der Waals surface area contributed by atoms with Gasteiger partial charge in [0.05, 0.1) is 47.4 Å². The molecule has 42 heavy (non-hydrogen) atoms. The molecule has 220 valence electrons. The summed E-state index contributed by atoms with van der Waals surface area (Å²) in [6.07, 6.45) is -2.21. The van der Waals surface area contributed by atoms with Gasteiger partial charge in [0, 0.05) is 36.0 Å². The van der Waals surface area contributed by atoms with Crippen molar-refractivity contribution >= 4 is 22.8 Å². The molecule has 0 unspecified atom stereocenters. The van der Waals surface area contributed by atoms with Gasteiger partial charge in [-0.25, -0.2) is 9.67 Å². The van der Waals surface area contributed by atoms with Crippen molar-refractivity contribution in [2.24, 2.45) is 0 Å². The summed E-state index contributed by atoms with van der Waals surface area (Å²) in [6.45, 7) is 3.73. The number of aliphatic hydroxyl groups is 1. The molecule has 4 aromatic rings. The molecule has 2 saturated heterocycles. The van der Waals surface area contributed by atoms with Crippen molar-refractivity contribution < 1.29 is 32.5 Å². The molecule has 0 amide bonds. The number of allylic oxidation sites excluding steroid dienone is 1. The van der Waals surface area contributed by atoms with Crippen molar-refractivity contribution in [1.82, 2.24) is 29.6 Å². The average Bonchev–Trinajstić information content (AvgIpc) is 3.74. The van der Waals surface area contributed by atoms with E-state index in [4.69, 9.17) is 30.8 Å². The lowest BCUT2D eigenvalue weighted by atomic mass is 10.1. The molecular formula is C28H26ClF3N6O4. The van der Waals surface area contributed by atoms with E-state index in [0.29, 0.717) is 34.0 Å². The molecule has 7 rings (SSSR count). The minimum absolute atomic E-state index is 0.158. The van der Waals surface area contributed by atoms with Crippen LogP contribution in [0.4, 0.5) is 13.2 Å². The predicted molar refractivity (Wildman–Crippen MR) is 145 cm³/mol. The van der Waals surface area contributed by atoms with Crippen LogP contribution in [-0.4, -0.2) is 85.1 Å². The first-order valence-corrected chi connectivity index (χ1v) is 13.8. The van der Waals surface area contributed by atoms with Crippen molar-refractivity contribution in [2.45, 2.75) is 50.1 Å². The van der Waals surface area contributed by atoms with E-state index >= 15 is 0 Å². The first kappa shape index (κ1) is 27.3. The number of alkyl halides is 3. The summed E-state index contributed by atoms with van der Waals surface area (Å²) in [6, 6.07) is 7.67. The number of imidazole rings is 1. The molecule has 2 fully saturated rings. The molecule has 2 N–H and O–H groups in total. The number of aliphatic hydroxyl groups excluding tert-OH is 1. The third-order valence-corrected chi connectivity index (χ3v) is 8.11. The molecule has 0 radical (unpaired) electrons. The summed E-state index contributed by atoms with van der Waals surface area (Å²) in [4.78, 5) is 13.8. The van der Waals surface area contributed by atoms with Crippen LogP contribution < -0.4 is 4.74 Å². The van der Waals surface area contributed by atoms with Gasteiger partial charge in [0.15, 0.2) is 11.8 Å². The number of fused-ring (bicyclic) bond motifs is 3. The second-order valence-electron chi connectivity index (χ2n) is 10.7. The molecule has 0 bridgehead atoms. The normalized spacial score (nSPS) is 23.9. The Hall–Kier alpha value is -3.49. The molecule has 0 aliphatic carbocycles. The summed E-state index contributed by atoms with van der Waals surface area (Å²) in [7, 11) is 0. The van der Waals surface area contributed by atoms with Crippen LogP contribution in [0.5, 0.6) is 6.01 Å². The van der Waals surface area contributed by atoms with Crippen LogP contribution in [0.2, 0.25) is 5.02 Å². The Labute approximate surface area is 242 Å². The zero-order valence-electron chi connectivity index (χ0n) is 22.1. The number of nitrogens with zero attached hydrogens (tertiary/aromatic N) is 5. The Morgan fingerprint density at radius 2 is 1.93 bits per heavy atom. The SMILES string of the molecule is C=CCc1c(Cl)c(-c2ccc(-n3cc4c(n3)CN(CC(F)(F)F)C4)cc2)nc2nc(O[C@@H]3CO[C@H]4[C@@H]3OC[C@H]4O)[nH]c12. The fourth-order valence-corrected chi connectivity index (χ4v) is 6.13. The summed E-state index contributed by atoms with van der Waals surface area (Å²) in [5.41, 5.74) is 5.26. The standard InChI is InChI=1S/C28H26ClF3N6O4/c1-2-3-17-21(29)22(33-26-23(17)34-27(35-26)42-20-12-41-24-19(39)11-40-25(20)24)14-4-6-16(7-5-14)38-9-15-8-37(10-18(15)36-38)13-28(30,31)32/h2,4-7,9,19-20,24-25,39H,1,3,8,10-13H2,(H,33,34,35)/t19-,20-,24-,25-/m1/s1. The number of hydrogen-bond donors (Lipinski definition) is 2.